The van der Waals surface area contributed by atoms with Gasteiger partial charge in [-0.3, -0.25) is 9.59 Å². The molecule has 0 saturated carbocycles. The number of hydrogen-bond donors (Lipinski definition) is 2. The summed E-state index contributed by atoms with van der Waals surface area (Å²) >= 11 is 0. The van der Waals surface area contributed by atoms with Crippen LogP contribution in [0.1, 0.15) is 22.5 Å². The first-order valence-electron chi connectivity index (χ1n) is 9.77. The first-order chi connectivity index (χ1) is 14.9. The van der Waals surface area contributed by atoms with Gasteiger partial charge in [-0.1, -0.05) is 42.5 Å². The number of amides is 1. The Morgan fingerprint density at radius 1 is 1.06 bits per heavy atom. The largest absolute Gasteiger partial charge is 0.481 e. The van der Waals surface area contributed by atoms with Crippen molar-refractivity contribution in [3.05, 3.63) is 89.4 Å². The van der Waals surface area contributed by atoms with Crippen molar-refractivity contribution >= 4 is 29.5 Å². The van der Waals surface area contributed by atoms with E-state index in [9.17, 15) is 9.59 Å². The number of carboxylic acids is 1. The summed E-state index contributed by atoms with van der Waals surface area (Å²) in [6.07, 6.45) is 5.20. The number of rotatable bonds is 8. The quantitative estimate of drug-likeness (QED) is 0.547. The lowest BCUT2D eigenvalue weighted by atomic mass is 10.1. The Bertz CT molecular complexity index is 1080. The van der Waals surface area contributed by atoms with Gasteiger partial charge in [-0.15, -0.1) is 0 Å². The Hall–Kier alpha value is -4.00. The second-order valence-electron chi connectivity index (χ2n) is 7.21. The van der Waals surface area contributed by atoms with Gasteiger partial charge in [0, 0.05) is 44.0 Å². The van der Waals surface area contributed by atoms with Gasteiger partial charge in [-0.25, -0.2) is 9.97 Å². The van der Waals surface area contributed by atoms with Gasteiger partial charge in [0.2, 0.25) is 5.91 Å². The molecule has 0 bridgehead atoms. The number of benzene rings is 2. The van der Waals surface area contributed by atoms with Gasteiger partial charge in [0.05, 0.1) is 6.42 Å². The molecule has 2 aromatic carbocycles. The number of aromatic nitrogens is 2. The number of carbonyl (C=O) groups is 2. The van der Waals surface area contributed by atoms with Crippen molar-refractivity contribution in [2.24, 2.45) is 0 Å². The predicted octanol–water partition coefficient (Wildman–Crippen LogP) is 3.41. The van der Waals surface area contributed by atoms with E-state index in [-0.39, 0.29) is 12.3 Å². The van der Waals surface area contributed by atoms with Crippen LogP contribution < -0.4 is 10.2 Å². The van der Waals surface area contributed by atoms with Crippen LogP contribution in [-0.2, 0) is 22.4 Å². The SMILES string of the molecule is CN(C)c1nc(Cc2ccc(NC(=O)C=Cc3ccccc3)cc2)ncc1CC(=O)O. The molecule has 0 spiro atoms. The highest BCUT2D eigenvalue weighted by Crippen LogP contribution is 2.18. The average Bonchev–Trinajstić information content (AvgIpc) is 2.75. The molecule has 0 unspecified atom stereocenters. The minimum absolute atomic E-state index is 0.124. The lowest BCUT2D eigenvalue weighted by Gasteiger charge is -2.16. The topological polar surface area (TPSA) is 95.4 Å². The van der Waals surface area contributed by atoms with E-state index in [0.717, 1.165) is 11.1 Å². The van der Waals surface area contributed by atoms with Crippen molar-refractivity contribution in [3.63, 3.8) is 0 Å². The molecule has 0 aliphatic carbocycles. The number of carbonyl (C=O) groups excluding carboxylic acids is 1. The van der Waals surface area contributed by atoms with Crippen LogP contribution in [0.4, 0.5) is 11.5 Å². The lowest BCUT2D eigenvalue weighted by Crippen LogP contribution is -2.17. The minimum atomic E-state index is -0.921. The van der Waals surface area contributed by atoms with Crippen LogP contribution in [0.15, 0.2) is 66.9 Å². The van der Waals surface area contributed by atoms with E-state index in [1.54, 1.807) is 17.2 Å². The summed E-state index contributed by atoms with van der Waals surface area (Å²) in [6, 6.07) is 17.1. The summed E-state index contributed by atoms with van der Waals surface area (Å²) in [5.41, 5.74) is 3.20. The highest BCUT2D eigenvalue weighted by molar-refractivity contribution is 6.01. The van der Waals surface area contributed by atoms with Gasteiger partial charge in [0.15, 0.2) is 0 Å². The molecule has 1 amide bonds. The normalized spacial score (nSPS) is 10.8. The summed E-state index contributed by atoms with van der Waals surface area (Å²) in [4.78, 5) is 33.8. The number of carboxylic acid groups (broad SMARTS) is 1. The summed E-state index contributed by atoms with van der Waals surface area (Å²) in [5, 5.41) is 11.9. The molecule has 0 saturated heterocycles. The molecule has 7 nitrogen and oxygen atoms in total. The van der Waals surface area contributed by atoms with Crippen molar-refractivity contribution in [2.45, 2.75) is 12.8 Å². The van der Waals surface area contributed by atoms with Crippen LogP contribution >= 0.6 is 0 Å². The van der Waals surface area contributed by atoms with Gasteiger partial charge >= 0.3 is 5.97 Å². The number of nitrogens with one attached hydrogen (secondary N) is 1. The molecule has 0 aliphatic heterocycles. The molecule has 31 heavy (non-hydrogen) atoms. The average molecular weight is 416 g/mol. The van der Waals surface area contributed by atoms with Crippen LogP contribution in [0.2, 0.25) is 0 Å². The molecule has 0 aliphatic rings. The fraction of sp³-hybridized carbons (Fsp3) is 0.167. The third-order valence-electron chi connectivity index (χ3n) is 4.47. The van der Waals surface area contributed by atoms with Crippen LogP contribution in [0.25, 0.3) is 6.08 Å². The van der Waals surface area contributed by atoms with Gasteiger partial charge in [-0.2, -0.15) is 0 Å². The number of hydrogen-bond acceptors (Lipinski definition) is 5. The fourth-order valence-electron chi connectivity index (χ4n) is 3.00. The van der Waals surface area contributed by atoms with E-state index in [4.69, 9.17) is 5.11 Å². The summed E-state index contributed by atoms with van der Waals surface area (Å²) in [6.45, 7) is 0. The number of nitrogens with zero attached hydrogens (tertiary/aromatic N) is 3. The molecule has 3 aromatic rings. The minimum Gasteiger partial charge on any atom is -0.481 e. The molecule has 0 fully saturated rings. The lowest BCUT2D eigenvalue weighted by molar-refractivity contribution is -0.136. The van der Waals surface area contributed by atoms with Crippen LogP contribution in [0, 0.1) is 0 Å². The molecule has 7 heteroatoms. The molecule has 1 heterocycles. The van der Waals surface area contributed by atoms with Crippen molar-refractivity contribution in [2.75, 3.05) is 24.3 Å². The van der Waals surface area contributed by atoms with Gasteiger partial charge < -0.3 is 15.3 Å². The highest BCUT2D eigenvalue weighted by Gasteiger charge is 2.12. The predicted molar refractivity (Wildman–Crippen MR) is 121 cm³/mol. The molecular weight excluding hydrogens is 392 g/mol. The smallest absolute Gasteiger partial charge is 0.308 e. The highest BCUT2D eigenvalue weighted by atomic mass is 16.4. The van der Waals surface area contributed by atoms with Gasteiger partial charge in [0.1, 0.15) is 11.6 Å². The molecule has 0 atom stereocenters. The second-order valence-corrected chi connectivity index (χ2v) is 7.21. The zero-order chi connectivity index (χ0) is 22.2. The third kappa shape index (κ3) is 6.50. The Kier molecular flexibility index (Phi) is 7.11. The van der Waals surface area contributed by atoms with Crippen molar-refractivity contribution < 1.29 is 14.7 Å². The van der Waals surface area contributed by atoms with Crippen LogP contribution in [0.5, 0.6) is 0 Å². The Labute approximate surface area is 181 Å². The van der Waals surface area contributed by atoms with E-state index < -0.39 is 5.97 Å². The number of anilines is 2. The molecule has 3 rings (SSSR count). The maximum absolute atomic E-state index is 12.1. The van der Waals surface area contributed by atoms with E-state index in [1.165, 1.54) is 6.08 Å². The molecular formula is C24H24N4O3. The zero-order valence-electron chi connectivity index (χ0n) is 17.4. The van der Waals surface area contributed by atoms with Crippen molar-refractivity contribution in [3.8, 4) is 0 Å². The molecule has 1 aromatic heterocycles. The molecule has 0 radical (unpaired) electrons. The van der Waals surface area contributed by atoms with Crippen molar-refractivity contribution in [1.82, 2.24) is 9.97 Å². The maximum Gasteiger partial charge on any atom is 0.308 e. The first kappa shape index (κ1) is 21.7. The summed E-state index contributed by atoms with van der Waals surface area (Å²) < 4.78 is 0. The molecule has 158 valence electrons. The fourth-order valence-corrected chi connectivity index (χ4v) is 3.00. The van der Waals surface area contributed by atoms with E-state index in [1.807, 2.05) is 68.7 Å². The van der Waals surface area contributed by atoms with E-state index in [2.05, 4.69) is 15.3 Å². The maximum atomic E-state index is 12.1. The monoisotopic (exact) mass is 416 g/mol. The third-order valence-corrected chi connectivity index (χ3v) is 4.47. The second kappa shape index (κ2) is 10.2. The van der Waals surface area contributed by atoms with Crippen molar-refractivity contribution in [1.29, 1.82) is 0 Å². The van der Waals surface area contributed by atoms with Gasteiger partial charge in [-0.05, 0) is 29.3 Å². The Morgan fingerprint density at radius 3 is 2.42 bits per heavy atom. The summed E-state index contributed by atoms with van der Waals surface area (Å²) in [7, 11) is 3.64. The summed E-state index contributed by atoms with van der Waals surface area (Å²) in [5.74, 6) is 0.0715. The Balaban J connectivity index is 1.64. The number of aliphatic carboxylic acids is 1. The van der Waals surface area contributed by atoms with E-state index in [0.29, 0.717) is 29.3 Å². The zero-order valence-corrected chi connectivity index (χ0v) is 17.4. The van der Waals surface area contributed by atoms with Crippen LogP contribution in [0.3, 0.4) is 0 Å². The van der Waals surface area contributed by atoms with E-state index >= 15 is 0 Å². The standard InChI is InChI=1S/C24H24N4O3/c1-28(2)24-19(15-23(30)31)16-25-21(27-24)14-18-8-11-20(12-9-18)26-22(29)13-10-17-6-4-3-5-7-17/h3-13,16H,14-15H2,1-2H3,(H,26,29)(H,30,31). The Morgan fingerprint density at radius 2 is 1.77 bits per heavy atom. The van der Waals surface area contributed by atoms with Crippen LogP contribution in [-0.4, -0.2) is 41.0 Å². The first-order valence-corrected chi connectivity index (χ1v) is 9.77. The van der Waals surface area contributed by atoms with Gasteiger partial charge in [0.25, 0.3) is 0 Å². The molecule has 2 N–H and O–H groups in total.